The molecule has 0 saturated heterocycles. The average Bonchev–Trinajstić information content (AvgIpc) is 2.37. The Hall–Kier alpha value is -1.05. The van der Waals surface area contributed by atoms with Gasteiger partial charge in [0.15, 0.2) is 0 Å². The van der Waals surface area contributed by atoms with Crippen molar-refractivity contribution in [3.05, 3.63) is 29.8 Å². The molecule has 1 aromatic carbocycles. The van der Waals surface area contributed by atoms with Gasteiger partial charge in [-0.3, -0.25) is 0 Å². The van der Waals surface area contributed by atoms with Crippen LogP contribution in [0.3, 0.4) is 0 Å². The summed E-state index contributed by atoms with van der Waals surface area (Å²) in [7, 11) is -1.90. The molecule has 0 spiro atoms. The van der Waals surface area contributed by atoms with Crippen LogP contribution in [0.25, 0.3) is 0 Å². The van der Waals surface area contributed by atoms with E-state index >= 15 is 0 Å². The average molecular weight is 330 g/mol. The van der Waals surface area contributed by atoms with E-state index in [4.69, 9.17) is 0 Å². The summed E-state index contributed by atoms with van der Waals surface area (Å²) in [6, 6.07) is 6.50. The van der Waals surface area contributed by atoms with Gasteiger partial charge in [-0.25, -0.2) is 16.9 Å². The minimum Gasteiger partial charge on any atom is -0.234 e. The first kappa shape index (κ1) is 18.0. The van der Waals surface area contributed by atoms with E-state index in [0.29, 0.717) is 11.3 Å². The number of nitrogens with zero attached hydrogens (tertiary/aromatic N) is 2. The Morgan fingerprint density at radius 1 is 1.24 bits per heavy atom. The standard InChI is InChI=1S/C14H22N2O3S2/c1-11(15-20(17)14(2,3)4)12-8-7-9-13(10-12)21(18,19)16(5)6/h7-10H,1-6H3/b15-11+/t20-/m0/s1. The predicted octanol–water partition coefficient (Wildman–Crippen LogP) is 2.21. The lowest BCUT2D eigenvalue weighted by Crippen LogP contribution is -2.22. The van der Waals surface area contributed by atoms with E-state index in [9.17, 15) is 12.6 Å². The molecule has 1 aromatic rings. The molecule has 0 heterocycles. The summed E-state index contributed by atoms with van der Waals surface area (Å²) in [6.45, 7) is 7.25. The second-order valence-electron chi connectivity index (χ2n) is 5.85. The molecule has 0 amide bonds. The third-order valence-electron chi connectivity index (χ3n) is 2.77. The molecule has 7 heteroatoms. The minimum atomic E-state index is -3.49. The van der Waals surface area contributed by atoms with E-state index in [2.05, 4.69) is 4.40 Å². The van der Waals surface area contributed by atoms with Crippen molar-refractivity contribution in [3.8, 4) is 0 Å². The lowest BCUT2D eigenvalue weighted by Gasteiger charge is -2.15. The van der Waals surface area contributed by atoms with Crippen LogP contribution in [0, 0.1) is 0 Å². The van der Waals surface area contributed by atoms with Gasteiger partial charge in [0.2, 0.25) is 10.0 Å². The zero-order chi connectivity index (χ0) is 16.4. The van der Waals surface area contributed by atoms with E-state index in [1.807, 2.05) is 20.8 Å². The SMILES string of the molecule is C/C(=N\[S@@](=O)C(C)(C)C)c1cccc(S(=O)(=O)N(C)C)c1. The normalized spacial score (nSPS) is 15.3. The van der Waals surface area contributed by atoms with Gasteiger partial charge in [-0.2, -0.15) is 4.40 Å². The Kier molecular flexibility index (Phi) is 5.46. The molecule has 1 atom stereocenters. The molecule has 0 aliphatic rings. The lowest BCUT2D eigenvalue weighted by molar-refractivity contribution is 0.520. The van der Waals surface area contributed by atoms with Gasteiger partial charge in [0.05, 0.1) is 15.4 Å². The van der Waals surface area contributed by atoms with Crippen LogP contribution in [0.5, 0.6) is 0 Å². The van der Waals surface area contributed by atoms with Gasteiger partial charge in [0.1, 0.15) is 11.0 Å². The number of hydrogen-bond donors (Lipinski definition) is 0. The van der Waals surface area contributed by atoms with Crippen molar-refractivity contribution < 1.29 is 12.6 Å². The van der Waals surface area contributed by atoms with Gasteiger partial charge in [0.25, 0.3) is 0 Å². The fraction of sp³-hybridized carbons (Fsp3) is 0.500. The highest BCUT2D eigenvalue weighted by atomic mass is 32.2. The van der Waals surface area contributed by atoms with Crippen LogP contribution in [-0.2, 0) is 21.0 Å². The Morgan fingerprint density at radius 3 is 2.29 bits per heavy atom. The van der Waals surface area contributed by atoms with Crippen molar-refractivity contribution >= 4 is 26.7 Å². The summed E-state index contributed by atoms with van der Waals surface area (Å²) in [6.07, 6.45) is 0. The molecule has 0 bridgehead atoms. The first-order valence-corrected chi connectivity index (χ1v) is 9.01. The van der Waals surface area contributed by atoms with Crippen molar-refractivity contribution in [2.24, 2.45) is 4.40 Å². The summed E-state index contributed by atoms with van der Waals surface area (Å²) in [4.78, 5) is 0.195. The Balaban J connectivity index is 3.24. The largest absolute Gasteiger partial charge is 0.242 e. The molecule has 118 valence electrons. The van der Waals surface area contributed by atoms with E-state index in [0.717, 1.165) is 4.31 Å². The van der Waals surface area contributed by atoms with Gasteiger partial charge in [-0.1, -0.05) is 12.1 Å². The number of hydrogen-bond acceptors (Lipinski definition) is 3. The smallest absolute Gasteiger partial charge is 0.234 e. The van der Waals surface area contributed by atoms with E-state index in [1.165, 1.54) is 20.2 Å². The van der Waals surface area contributed by atoms with Gasteiger partial charge in [-0.05, 0) is 45.4 Å². The predicted molar refractivity (Wildman–Crippen MR) is 87.4 cm³/mol. The highest BCUT2D eigenvalue weighted by molar-refractivity contribution is 7.89. The fourth-order valence-electron chi connectivity index (χ4n) is 1.41. The molecule has 0 fully saturated rings. The van der Waals surface area contributed by atoms with Crippen LogP contribution in [0.1, 0.15) is 33.3 Å². The molecular weight excluding hydrogens is 308 g/mol. The Labute approximate surface area is 129 Å². The van der Waals surface area contributed by atoms with Gasteiger partial charge >= 0.3 is 0 Å². The summed E-state index contributed by atoms with van der Waals surface area (Å²) in [5, 5.41) is 0. The highest BCUT2D eigenvalue weighted by Gasteiger charge is 2.20. The molecule has 0 radical (unpaired) electrons. The maximum absolute atomic E-state index is 12.1. The zero-order valence-corrected chi connectivity index (χ0v) is 14.9. The van der Waals surface area contributed by atoms with Crippen LogP contribution >= 0.6 is 0 Å². The van der Waals surface area contributed by atoms with Crippen LogP contribution < -0.4 is 0 Å². The molecule has 0 saturated carbocycles. The Bertz CT molecular complexity index is 672. The summed E-state index contributed by atoms with van der Waals surface area (Å²) >= 11 is 0. The molecular formula is C14H22N2O3S2. The molecule has 0 unspecified atom stereocenters. The molecule has 0 N–H and O–H groups in total. The molecule has 1 rings (SSSR count). The maximum Gasteiger partial charge on any atom is 0.242 e. The molecule has 0 aliphatic heterocycles. The topological polar surface area (TPSA) is 66.8 Å². The Morgan fingerprint density at radius 2 is 1.81 bits per heavy atom. The number of benzene rings is 1. The zero-order valence-electron chi connectivity index (χ0n) is 13.2. The summed E-state index contributed by atoms with van der Waals surface area (Å²) in [5.41, 5.74) is 1.20. The molecule has 0 aromatic heterocycles. The monoisotopic (exact) mass is 330 g/mol. The van der Waals surface area contributed by atoms with Crippen molar-refractivity contribution in [1.82, 2.24) is 4.31 Å². The van der Waals surface area contributed by atoms with Crippen molar-refractivity contribution in [2.45, 2.75) is 37.3 Å². The third kappa shape index (κ3) is 4.46. The van der Waals surface area contributed by atoms with Gasteiger partial charge in [-0.15, -0.1) is 0 Å². The van der Waals surface area contributed by atoms with E-state index in [-0.39, 0.29) is 4.90 Å². The quantitative estimate of drug-likeness (QED) is 0.795. The van der Waals surface area contributed by atoms with Crippen molar-refractivity contribution in [2.75, 3.05) is 14.1 Å². The molecule has 5 nitrogen and oxygen atoms in total. The molecule has 0 aliphatic carbocycles. The van der Waals surface area contributed by atoms with E-state index in [1.54, 1.807) is 25.1 Å². The second-order valence-corrected chi connectivity index (χ2v) is 9.91. The first-order chi connectivity index (χ1) is 9.46. The lowest BCUT2D eigenvalue weighted by atomic mass is 10.1. The number of sulfonamides is 1. The molecule has 21 heavy (non-hydrogen) atoms. The number of rotatable bonds is 4. The fourth-order valence-corrected chi connectivity index (χ4v) is 2.98. The highest BCUT2D eigenvalue weighted by Crippen LogP contribution is 2.17. The van der Waals surface area contributed by atoms with Crippen LogP contribution in [0.15, 0.2) is 33.6 Å². The van der Waals surface area contributed by atoms with Crippen molar-refractivity contribution in [3.63, 3.8) is 0 Å². The van der Waals surface area contributed by atoms with Crippen LogP contribution in [0.4, 0.5) is 0 Å². The van der Waals surface area contributed by atoms with Crippen molar-refractivity contribution in [1.29, 1.82) is 0 Å². The van der Waals surface area contributed by atoms with Crippen LogP contribution in [-0.4, -0.2) is 41.5 Å². The second kappa shape index (κ2) is 6.37. The van der Waals surface area contributed by atoms with Crippen LogP contribution in [0.2, 0.25) is 0 Å². The van der Waals surface area contributed by atoms with Gasteiger partial charge in [0, 0.05) is 14.1 Å². The third-order valence-corrected chi connectivity index (χ3v) is 6.07. The van der Waals surface area contributed by atoms with E-state index < -0.39 is 25.8 Å². The maximum atomic E-state index is 12.1. The summed E-state index contributed by atoms with van der Waals surface area (Å²) in [5.74, 6) is 0. The van der Waals surface area contributed by atoms with Gasteiger partial charge < -0.3 is 0 Å². The minimum absolute atomic E-state index is 0.195. The summed E-state index contributed by atoms with van der Waals surface area (Å²) < 4.78 is 41.1. The first-order valence-electron chi connectivity index (χ1n) is 6.46.